The Hall–Kier alpha value is -2.68. The molecular weight excluding hydrogens is 390 g/mol. The van der Waals surface area contributed by atoms with Crippen molar-refractivity contribution in [2.45, 2.75) is 59.2 Å². The summed E-state index contributed by atoms with van der Waals surface area (Å²) >= 11 is 1.67. The van der Waals surface area contributed by atoms with Crippen molar-refractivity contribution in [3.05, 3.63) is 34.9 Å². The maximum Gasteiger partial charge on any atom is 0.408 e. The Morgan fingerprint density at radius 1 is 1.24 bits per heavy atom. The van der Waals surface area contributed by atoms with E-state index in [2.05, 4.69) is 26.5 Å². The number of aromatic nitrogens is 3. The minimum atomic E-state index is -0.832. The van der Waals surface area contributed by atoms with E-state index in [9.17, 15) is 4.79 Å². The zero-order chi connectivity index (χ0) is 21.4. The number of ether oxygens (including phenoxy) is 1. The summed E-state index contributed by atoms with van der Waals surface area (Å²) in [4.78, 5) is 23.1. The lowest BCUT2D eigenvalue weighted by Gasteiger charge is -2.26. The topological polar surface area (TPSA) is 93.4 Å². The van der Waals surface area contributed by atoms with Crippen LogP contribution in [-0.4, -0.2) is 33.9 Å². The molecule has 9 heteroatoms. The molecule has 3 rings (SSSR count). The van der Waals surface area contributed by atoms with Crippen molar-refractivity contribution in [1.29, 1.82) is 0 Å². The van der Waals surface area contributed by atoms with Crippen LogP contribution in [0.1, 0.15) is 51.3 Å². The first-order valence-electron chi connectivity index (χ1n) is 9.35. The number of hydrogen-bond donors (Lipinski definition) is 1. The fourth-order valence-electron chi connectivity index (χ4n) is 2.75. The van der Waals surface area contributed by atoms with Crippen molar-refractivity contribution < 1.29 is 14.1 Å². The van der Waals surface area contributed by atoms with Gasteiger partial charge in [-0.2, -0.15) is 4.98 Å². The molecule has 0 bridgehead atoms. The van der Waals surface area contributed by atoms with Crippen LogP contribution in [0.15, 0.2) is 22.7 Å². The van der Waals surface area contributed by atoms with E-state index < -0.39 is 17.2 Å². The van der Waals surface area contributed by atoms with E-state index in [1.54, 1.807) is 25.2 Å². The van der Waals surface area contributed by atoms with Crippen molar-refractivity contribution in [2.24, 2.45) is 0 Å². The van der Waals surface area contributed by atoms with Gasteiger partial charge in [-0.25, -0.2) is 9.78 Å². The van der Waals surface area contributed by atoms with Gasteiger partial charge in [0.1, 0.15) is 11.1 Å². The summed E-state index contributed by atoms with van der Waals surface area (Å²) in [7, 11) is 1.96. The van der Waals surface area contributed by atoms with Crippen LogP contribution in [0.3, 0.4) is 0 Å². The van der Waals surface area contributed by atoms with E-state index in [0.29, 0.717) is 18.3 Å². The Labute approximate surface area is 174 Å². The zero-order valence-electron chi connectivity index (χ0n) is 17.9. The van der Waals surface area contributed by atoms with Crippen LogP contribution in [0.2, 0.25) is 0 Å². The number of anilines is 1. The van der Waals surface area contributed by atoms with Gasteiger partial charge in [0.15, 0.2) is 5.82 Å². The van der Waals surface area contributed by atoms with Gasteiger partial charge >= 0.3 is 6.09 Å². The van der Waals surface area contributed by atoms with Gasteiger partial charge in [-0.3, -0.25) is 0 Å². The Bertz CT molecular complexity index is 1020. The highest BCUT2D eigenvalue weighted by Gasteiger charge is 2.31. The van der Waals surface area contributed by atoms with Crippen LogP contribution in [-0.2, 0) is 16.8 Å². The molecule has 8 nitrogen and oxygen atoms in total. The number of nitrogens with zero attached hydrogens (tertiary/aromatic N) is 4. The highest BCUT2D eigenvalue weighted by molar-refractivity contribution is 7.18. The number of carbonyl (C=O) groups is 1. The molecule has 2 aromatic heterocycles. The molecule has 0 saturated heterocycles. The smallest absolute Gasteiger partial charge is 0.408 e. The van der Waals surface area contributed by atoms with Gasteiger partial charge in [0.25, 0.3) is 0 Å². The van der Waals surface area contributed by atoms with Crippen LogP contribution in [0.4, 0.5) is 10.5 Å². The number of fused-ring (bicyclic) bond motifs is 1. The Morgan fingerprint density at radius 3 is 2.66 bits per heavy atom. The number of thiazole rings is 1. The molecule has 0 aliphatic rings. The third-order valence-electron chi connectivity index (χ3n) is 4.13. The summed E-state index contributed by atoms with van der Waals surface area (Å²) in [5.41, 5.74) is 0.622. The van der Waals surface area contributed by atoms with Crippen molar-refractivity contribution in [1.82, 2.24) is 20.4 Å². The second-order valence-electron chi connectivity index (χ2n) is 8.50. The van der Waals surface area contributed by atoms with E-state index in [4.69, 9.17) is 9.26 Å². The maximum absolute atomic E-state index is 12.1. The van der Waals surface area contributed by atoms with Crippen molar-refractivity contribution >= 4 is 33.3 Å². The van der Waals surface area contributed by atoms with E-state index >= 15 is 0 Å². The normalized spacial score (nSPS) is 12.2. The van der Waals surface area contributed by atoms with E-state index in [-0.39, 0.29) is 0 Å². The molecule has 1 aromatic carbocycles. The van der Waals surface area contributed by atoms with Gasteiger partial charge in [0, 0.05) is 12.7 Å². The molecule has 1 N–H and O–H groups in total. The molecule has 0 spiro atoms. The molecule has 29 heavy (non-hydrogen) atoms. The molecule has 0 fully saturated rings. The van der Waals surface area contributed by atoms with Crippen LogP contribution in [0, 0.1) is 6.92 Å². The average Bonchev–Trinajstić information content (AvgIpc) is 3.17. The van der Waals surface area contributed by atoms with Crippen LogP contribution in [0.25, 0.3) is 10.2 Å². The summed E-state index contributed by atoms with van der Waals surface area (Å²) in [6, 6.07) is 6.13. The number of amides is 1. The summed E-state index contributed by atoms with van der Waals surface area (Å²) in [6.07, 6.45) is -0.529. The fraction of sp³-hybridized carbons (Fsp3) is 0.500. The maximum atomic E-state index is 12.1. The van der Waals surface area contributed by atoms with Gasteiger partial charge in [-0.15, -0.1) is 11.3 Å². The van der Waals surface area contributed by atoms with Crippen molar-refractivity contribution in [2.75, 3.05) is 11.9 Å². The number of benzene rings is 1. The van der Waals surface area contributed by atoms with Gasteiger partial charge in [-0.1, -0.05) is 5.16 Å². The average molecular weight is 418 g/mol. The molecule has 0 saturated carbocycles. The number of carbonyl (C=O) groups excluding carboxylic acids is 1. The largest absolute Gasteiger partial charge is 0.444 e. The first-order chi connectivity index (χ1) is 13.4. The van der Waals surface area contributed by atoms with Gasteiger partial charge in [0.05, 0.1) is 21.8 Å². The van der Waals surface area contributed by atoms with Gasteiger partial charge < -0.3 is 19.5 Å². The lowest BCUT2D eigenvalue weighted by Crippen LogP contribution is -2.44. The minimum absolute atomic E-state index is 0.389. The molecule has 3 aromatic rings. The second kappa shape index (κ2) is 7.62. The third-order valence-corrected chi connectivity index (χ3v) is 5.07. The molecule has 156 valence electrons. The molecule has 2 heterocycles. The standard InChI is InChI=1S/C20H27N5O3S/c1-12-21-14-9-8-13(10-15(14)29-12)25(7)11-16-22-17(24-28-16)20(5,6)23-18(26)27-19(2,3)4/h8-10H,11H2,1-7H3,(H,23,26). The highest BCUT2D eigenvalue weighted by Crippen LogP contribution is 2.27. The third kappa shape index (κ3) is 5.23. The van der Waals surface area contributed by atoms with Crippen LogP contribution < -0.4 is 10.2 Å². The Morgan fingerprint density at radius 2 is 1.97 bits per heavy atom. The monoisotopic (exact) mass is 417 g/mol. The van der Waals surface area contributed by atoms with Crippen molar-refractivity contribution in [3.63, 3.8) is 0 Å². The van der Waals surface area contributed by atoms with Crippen molar-refractivity contribution in [3.8, 4) is 0 Å². The first kappa shape index (κ1) is 21.0. The molecule has 0 aliphatic carbocycles. The zero-order valence-corrected chi connectivity index (χ0v) is 18.7. The summed E-state index contributed by atoms with van der Waals surface area (Å²) < 4.78 is 11.9. The molecular formula is C20H27N5O3S. The highest BCUT2D eigenvalue weighted by atomic mass is 32.1. The predicted molar refractivity (Wildman–Crippen MR) is 113 cm³/mol. The van der Waals surface area contributed by atoms with Gasteiger partial charge in [-0.05, 0) is 59.7 Å². The predicted octanol–water partition coefficient (Wildman–Crippen LogP) is 4.38. The summed E-state index contributed by atoms with van der Waals surface area (Å²) in [5, 5.41) is 7.87. The molecule has 0 aliphatic heterocycles. The molecule has 0 atom stereocenters. The van der Waals surface area contributed by atoms with Crippen LogP contribution in [0.5, 0.6) is 0 Å². The minimum Gasteiger partial charge on any atom is -0.444 e. The fourth-order valence-corrected chi connectivity index (χ4v) is 3.61. The Balaban J connectivity index is 1.69. The summed E-state index contributed by atoms with van der Waals surface area (Å²) in [5.74, 6) is 0.849. The SMILES string of the molecule is Cc1nc2ccc(N(C)Cc3nc(C(C)(C)NC(=O)OC(C)(C)C)no3)cc2s1. The Kier molecular flexibility index (Phi) is 5.53. The number of rotatable bonds is 5. The van der Waals surface area contributed by atoms with Gasteiger partial charge in [0.2, 0.25) is 5.89 Å². The number of aryl methyl sites for hydroxylation is 1. The molecule has 1 amide bonds. The van der Waals surface area contributed by atoms with Crippen LogP contribution >= 0.6 is 11.3 Å². The van der Waals surface area contributed by atoms with E-state index in [1.807, 2.05) is 51.8 Å². The lowest BCUT2D eigenvalue weighted by atomic mass is 10.1. The molecule has 0 unspecified atom stereocenters. The van der Waals surface area contributed by atoms with E-state index in [1.165, 1.54) is 0 Å². The first-order valence-corrected chi connectivity index (χ1v) is 10.2. The lowest BCUT2D eigenvalue weighted by molar-refractivity contribution is 0.0465. The van der Waals surface area contributed by atoms with E-state index in [0.717, 1.165) is 20.9 Å². The molecule has 0 radical (unpaired) electrons. The number of nitrogens with one attached hydrogen (secondary N) is 1. The quantitative estimate of drug-likeness (QED) is 0.658. The summed E-state index contributed by atoms with van der Waals surface area (Å²) in [6.45, 7) is 11.5. The number of hydrogen-bond acceptors (Lipinski definition) is 8. The second-order valence-corrected chi connectivity index (χ2v) is 9.74. The number of alkyl carbamates (subject to hydrolysis) is 1.